The van der Waals surface area contributed by atoms with Crippen LogP contribution in [-0.4, -0.2) is 12.6 Å². The minimum absolute atomic E-state index is 0.617. The largest absolute Gasteiger partial charge is 0.313 e. The highest BCUT2D eigenvalue weighted by Gasteiger charge is 2.30. The van der Waals surface area contributed by atoms with Gasteiger partial charge in [0.05, 0.1) is 0 Å². The van der Waals surface area contributed by atoms with Gasteiger partial charge >= 0.3 is 0 Å². The van der Waals surface area contributed by atoms with E-state index in [1.54, 1.807) is 0 Å². The molecule has 0 spiro atoms. The second kappa shape index (κ2) is 3.74. The average Bonchev–Trinajstić information content (AvgIpc) is 2.46. The molecule has 1 N–H and O–H groups in total. The van der Waals surface area contributed by atoms with E-state index in [2.05, 4.69) is 50.4 Å². The summed E-state index contributed by atoms with van der Waals surface area (Å²) in [6, 6.07) is 9.54. The van der Waals surface area contributed by atoms with Gasteiger partial charge in [-0.2, -0.15) is 0 Å². The van der Waals surface area contributed by atoms with Crippen molar-refractivity contribution in [1.29, 1.82) is 0 Å². The van der Waals surface area contributed by atoms with Crippen LogP contribution in [0, 0.1) is 12.8 Å². The van der Waals surface area contributed by atoms with Crippen LogP contribution in [0.25, 0.3) is 0 Å². The van der Waals surface area contributed by atoms with Gasteiger partial charge in [0.2, 0.25) is 0 Å². The Labute approximate surface area is 86.5 Å². The topological polar surface area (TPSA) is 12.0 Å². The smallest absolute Gasteiger partial charge is 0.0111 e. The molecule has 2 rings (SSSR count). The summed E-state index contributed by atoms with van der Waals surface area (Å²) in [5.41, 5.74) is 2.86. The fourth-order valence-corrected chi connectivity index (χ4v) is 2.61. The van der Waals surface area contributed by atoms with Crippen LogP contribution in [0.15, 0.2) is 24.3 Å². The SMILES string of the molecule is Cc1cccc(C2C(C)CNC2C)c1. The zero-order valence-electron chi connectivity index (χ0n) is 9.25. The van der Waals surface area contributed by atoms with E-state index in [0.29, 0.717) is 12.0 Å². The van der Waals surface area contributed by atoms with Crippen molar-refractivity contribution >= 4 is 0 Å². The summed E-state index contributed by atoms with van der Waals surface area (Å²) in [5, 5.41) is 3.54. The van der Waals surface area contributed by atoms with Gasteiger partial charge < -0.3 is 5.32 Å². The molecular weight excluding hydrogens is 170 g/mol. The van der Waals surface area contributed by atoms with E-state index in [0.717, 1.165) is 12.5 Å². The first-order valence-corrected chi connectivity index (χ1v) is 5.48. The van der Waals surface area contributed by atoms with Gasteiger partial charge in [0.25, 0.3) is 0 Å². The van der Waals surface area contributed by atoms with Gasteiger partial charge in [-0.1, -0.05) is 36.8 Å². The molecule has 0 aliphatic carbocycles. The van der Waals surface area contributed by atoms with Crippen molar-refractivity contribution in [3.63, 3.8) is 0 Å². The quantitative estimate of drug-likeness (QED) is 0.716. The summed E-state index contributed by atoms with van der Waals surface area (Å²) in [6.07, 6.45) is 0. The van der Waals surface area contributed by atoms with Gasteiger partial charge in [0, 0.05) is 12.0 Å². The average molecular weight is 189 g/mol. The molecule has 1 aromatic rings. The van der Waals surface area contributed by atoms with Crippen molar-refractivity contribution in [2.75, 3.05) is 6.54 Å². The molecule has 1 aromatic carbocycles. The Kier molecular flexibility index (Phi) is 2.60. The predicted octanol–water partition coefficient (Wildman–Crippen LogP) is 2.71. The monoisotopic (exact) mass is 189 g/mol. The van der Waals surface area contributed by atoms with Crippen LogP contribution < -0.4 is 5.32 Å². The first-order valence-electron chi connectivity index (χ1n) is 5.48. The number of rotatable bonds is 1. The van der Waals surface area contributed by atoms with Gasteiger partial charge in [-0.3, -0.25) is 0 Å². The van der Waals surface area contributed by atoms with E-state index in [-0.39, 0.29) is 0 Å². The van der Waals surface area contributed by atoms with Crippen LogP contribution >= 0.6 is 0 Å². The van der Waals surface area contributed by atoms with Gasteiger partial charge in [0.1, 0.15) is 0 Å². The minimum atomic E-state index is 0.617. The van der Waals surface area contributed by atoms with Crippen LogP contribution in [0.2, 0.25) is 0 Å². The highest BCUT2D eigenvalue weighted by atomic mass is 15.0. The van der Waals surface area contributed by atoms with E-state index in [9.17, 15) is 0 Å². The Morgan fingerprint density at radius 2 is 2.07 bits per heavy atom. The van der Waals surface area contributed by atoms with Gasteiger partial charge in [0.15, 0.2) is 0 Å². The predicted molar refractivity (Wildman–Crippen MR) is 60.5 cm³/mol. The van der Waals surface area contributed by atoms with Crippen molar-refractivity contribution in [3.05, 3.63) is 35.4 Å². The van der Waals surface area contributed by atoms with Gasteiger partial charge in [-0.05, 0) is 31.9 Å². The molecule has 0 amide bonds. The summed E-state index contributed by atoms with van der Waals surface area (Å²) in [4.78, 5) is 0. The lowest BCUT2D eigenvalue weighted by Gasteiger charge is -2.19. The normalized spacial score (nSPS) is 32.1. The second-order valence-corrected chi connectivity index (χ2v) is 4.61. The van der Waals surface area contributed by atoms with Gasteiger partial charge in [-0.25, -0.2) is 0 Å². The first kappa shape index (κ1) is 9.72. The summed E-state index contributed by atoms with van der Waals surface area (Å²) in [5.74, 6) is 1.45. The standard InChI is InChI=1S/C13H19N/c1-9-5-4-6-12(7-9)13-10(2)8-14-11(13)3/h4-7,10-11,13-14H,8H2,1-3H3. The molecule has 14 heavy (non-hydrogen) atoms. The Balaban J connectivity index is 2.29. The molecule has 1 saturated heterocycles. The number of aryl methyl sites for hydroxylation is 1. The maximum atomic E-state index is 3.54. The van der Waals surface area contributed by atoms with Crippen LogP contribution in [0.3, 0.4) is 0 Å². The summed E-state index contributed by atoms with van der Waals surface area (Å²) in [6.45, 7) is 7.95. The zero-order valence-corrected chi connectivity index (χ0v) is 9.25. The molecule has 0 bridgehead atoms. The number of hydrogen-bond donors (Lipinski definition) is 1. The summed E-state index contributed by atoms with van der Waals surface area (Å²) >= 11 is 0. The van der Waals surface area contributed by atoms with Crippen LogP contribution in [0.1, 0.15) is 30.9 Å². The molecule has 1 aliphatic heterocycles. The third-order valence-electron chi connectivity index (χ3n) is 3.34. The van der Waals surface area contributed by atoms with Crippen molar-refractivity contribution in [2.24, 2.45) is 5.92 Å². The molecule has 1 nitrogen and oxygen atoms in total. The number of hydrogen-bond acceptors (Lipinski definition) is 1. The zero-order chi connectivity index (χ0) is 10.1. The van der Waals surface area contributed by atoms with Crippen LogP contribution in [-0.2, 0) is 0 Å². The Hall–Kier alpha value is -0.820. The van der Waals surface area contributed by atoms with E-state index in [4.69, 9.17) is 0 Å². The molecule has 76 valence electrons. The lowest BCUT2D eigenvalue weighted by atomic mass is 9.85. The molecule has 1 heterocycles. The molecule has 3 atom stereocenters. The third kappa shape index (κ3) is 1.69. The fourth-order valence-electron chi connectivity index (χ4n) is 2.61. The van der Waals surface area contributed by atoms with Crippen molar-refractivity contribution in [1.82, 2.24) is 5.32 Å². The molecule has 0 radical (unpaired) electrons. The molecule has 0 saturated carbocycles. The second-order valence-electron chi connectivity index (χ2n) is 4.61. The highest BCUT2D eigenvalue weighted by Crippen LogP contribution is 2.32. The van der Waals surface area contributed by atoms with E-state index in [1.165, 1.54) is 11.1 Å². The summed E-state index contributed by atoms with van der Waals surface area (Å²) in [7, 11) is 0. The van der Waals surface area contributed by atoms with Crippen molar-refractivity contribution in [3.8, 4) is 0 Å². The lowest BCUT2D eigenvalue weighted by molar-refractivity contribution is 0.519. The van der Waals surface area contributed by atoms with Crippen LogP contribution in [0.4, 0.5) is 0 Å². The fraction of sp³-hybridized carbons (Fsp3) is 0.538. The highest BCUT2D eigenvalue weighted by molar-refractivity contribution is 5.28. The Bertz CT molecular complexity index is 309. The van der Waals surface area contributed by atoms with Gasteiger partial charge in [-0.15, -0.1) is 0 Å². The molecular formula is C13H19N. The van der Waals surface area contributed by atoms with Crippen LogP contribution in [0.5, 0.6) is 0 Å². The minimum Gasteiger partial charge on any atom is -0.313 e. The molecule has 3 unspecified atom stereocenters. The number of nitrogens with one attached hydrogen (secondary N) is 1. The molecule has 0 aromatic heterocycles. The molecule has 1 aliphatic rings. The van der Waals surface area contributed by atoms with Crippen molar-refractivity contribution in [2.45, 2.75) is 32.7 Å². The maximum absolute atomic E-state index is 3.54. The van der Waals surface area contributed by atoms with Crippen molar-refractivity contribution < 1.29 is 0 Å². The van der Waals surface area contributed by atoms with E-state index in [1.807, 2.05) is 0 Å². The van der Waals surface area contributed by atoms with E-state index < -0.39 is 0 Å². The molecule has 1 fully saturated rings. The maximum Gasteiger partial charge on any atom is 0.0111 e. The number of benzene rings is 1. The lowest BCUT2D eigenvalue weighted by Crippen LogP contribution is -2.21. The Morgan fingerprint density at radius 1 is 1.29 bits per heavy atom. The Morgan fingerprint density at radius 3 is 2.64 bits per heavy atom. The summed E-state index contributed by atoms with van der Waals surface area (Å²) < 4.78 is 0. The molecule has 1 heteroatoms. The first-order chi connectivity index (χ1) is 6.68. The third-order valence-corrected chi connectivity index (χ3v) is 3.34. The van der Waals surface area contributed by atoms with E-state index >= 15 is 0 Å².